The molecule has 1 rings (SSSR count). The first-order valence-corrected chi connectivity index (χ1v) is 5.37. The normalized spacial score (nSPS) is 11.7. The van der Waals surface area contributed by atoms with Crippen molar-refractivity contribution in [2.75, 3.05) is 0 Å². The molecule has 0 aromatic carbocycles. The van der Waals surface area contributed by atoms with Gasteiger partial charge >= 0.3 is 5.00 Å². The Balaban J connectivity index is 3.17. The lowest BCUT2D eigenvalue weighted by molar-refractivity contribution is -0.380. The van der Waals surface area contributed by atoms with Crippen molar-refractivity contribution < 1.29 is 4.92 Å². The van der Waals surface area contributed by atoms with Gasteiger partial charge in [0.1, 0.15) is 4.47 Å². The number of rotatable bonds is 1. The van der Waals surface area contributed by atoms with Gasteiger partial charge in [-0.3, -0.25) is 10.1 Å². The average Bonchev–Trinajstić information content (AvgIpc) is 2.29. The van der Waals surface area contributed by atoms with Gasteiger partial charge in [-0.25, -0.2) is 0 Å². The van der Waals surface area contributed by atoms with Crippen LogP contribution in [-0.4, -0.2) is 4.92 Å². The fourth-order valence-corrected chi connectivity index (χ4v) is 2.54. The van der Waals surface area contributed by atoms with Crippen LogP contribution in [0.4, 0.5) is 5.00 Å². The maximum atomic E-state index is 10.5. The molecule has 0 amide bonds. The summed E-state index contributed by atoms with van der Waals surface area (Å²) in [4.78, 5) is 11.2. The summed E-state index contributed by atoms with van der Waals surface area (Å²) in [6.07, 6.45) is 0. The van der Waals surface area contributed by atoms with Gasteiger partial charge in [0.05, 0.1) is 4.92 Å². The monoisotopic (exact) mass is 263 g/mol. The minimum absolute atomic E-state index is 0.0263. The molecule has 0 radical (unpaired) electrons. The highest BCUT2D eigenvalue weighted by Gasteiger charge is 2.23. The Morgan fingerprint density at radius 3 is 2.31 bits per heavy atom. The minimum atomic E-state index is -0.357. The van der Waals surface area contributed by atoms with Crippen LogP contribution in [-0.2, 0) is 5.41 Å². The second-order valence-electron chi connectivity index (χ2n) is 3.77. The number of halogens is 1. The fourth-order valence-electron chi connectivity index (χ4n) is 0.853. The number of nitro groups is 1. The molecule has 1 aromatic heterocycles. The van der Waals surface area contributed by atoms with Gasteiger partial charge in [0.2, 0.25) is 0 Å². The maximum Gasteiger partial charge on any atom is 0.338 e. The van der Waals surface area contributed by atoms with Crippen molar-refractivity contribution in [1.82, 2.24) is 0 Å². The van der Waals surface area contributed by atoms with E-state index in [-0.39, 0.29) is 15.3 Å². The molecule has 0 saturated heterocycles. The summed E-state index contributed by atoms with van der Waals surface area (Å²) in [5, 5.41) is 10.7. The Bertz CT molecular complexity index is 340. The van der Waals surface area contributed by atoms with Crippen molar-refractivity contribution in [3.8, 4) is 0 Å². The lowest BCUT2D eigenvalue weighted by Crippen LogP contribution is -2.07. The first-order chi connectivity index (χ1) is 5.82. The quantitative estimate of drug-likeness (QED) is 0.573. The van der Waals surface area contributed by atoms with E-state index < -0.39 is 0 Å². The molecule has 0 aliphatic carbocycles. The largest absolute Gasteiger partial charge is 0.338 e. The zero-order valence-electron chi connectivity index (χ0n) is 7.63. The van der Waals surface area contributed by atoms with Crippen molar-refractivity contribution in [2.24, 2.45) is 0 Å². The smallest absolute Gasteiger partial charge is 0.258 e. The summed E-state index contributed by atoms with van der Waals surface area (Å²) in [6, 6.07) is 1.82. The molecule has 72 valence electrons. The molecule has 0 spiro atoms. The third-order valence-electron chi connectivity index (χ3n) is 1.57. The Labute approximate surface area is 89.1 Å². The highest BCUT2D eigenvalue weighted by molar-refractivity contribution is 9.10. The van der Waals surface area contributed by atoms with Gasteiger partial charge in [-0.2, -0.15) is 0 Å². The van der Waals surface area contributed by atoms with E-state index in [1.54, 1.807) is 0 Å². The van der Waals surface area contributed by atoms with Crippen LogP contribution in [0.1, 0.15) is 25.6 Å². The van der Waals surface area contributed by atoms with E-state index in [4.69, 9.17) is 0 Å². The average molecular weight is 264 g/mol. The van der Waals surface area contributed by atoms with E-state index in [1.807, 2.05) is 26.8 Å². The van der Waals surface area contributed by atoms with Crippen LogP contribution in [0.5, 0.6) is 0 Å². The van der Waals surface area contributed by atoms with E-state index in [0.29, 0.717) is 4.47 Å². The first-order valence-electron chi connectivity index (χ1n) is 3.76. The molecule has 0 unspecified atom stereocenters. The second-order valence-corrected chi connectivity index (χ2v) is 5.66. The SMILES string of the molecule is CC(C)(C)c1cc(Br)c([N+](=O)[O-])s1. The van der Waals surface area contributed by atoms with Crippen molar-refractivity contribution in [3.05, 3.63) is 25.5 Å². The van der Waals surface area contributed by atoms with E-state index in [2.05, 4.69) is 15.9 Å². The third-order valence-corrected chi connectivity index (χ3v) is 3.95. The van der Waals surface area contributed by atoms with Gasteiger partial charge in [-0.15, -0.1) is 0 Å². The predicted octanol–water partition coefficient (Wildman–Crippen LogP) is 3.72. The topological polar surface area (TPSA) is 43.1 Å². The van der Waals surface area contributed by atoms with Gasteiger partial charge in [0, 0.05) is 4.88 Å². The van der Waals surface area contributed by atoms with E-state index in [9.17, 15) is 10.1 Å². The van der Waals surface area contributed by atoms with Crippen molar-refractivity contribution in [3.63, 3.8) is 0 Å². The van der Waals surface area contributed by atoms with Gasteiger partial charge < -0.3 is 0 Å². The van der Waals surface area contributed by atoms with Crippen LogP contribution in [0.3, 0.4) is 0 Å². The molecule has 0 saturated carbocycles. The van der Waals surface area contributed by atoms with E-state index in [1.165, 1.54) is 11.3 Å². The number of nitrogens with zero attached hydrogens (tertiary/aromatic N) is 1. The summed E-state index contributed by atoms with van der Waals surface area (Å²) in [5.74, 6) is 0. The molecule has 0 aliphatic rings. The van der Waals surface area contributed by atoms with E-state index in [0.717, 1.165) is 4.88 Å². The predicted molar refractivity (Wildman–Crippen MR) is 57.4 cm³/mol. The van der Waals surface area contributed by atoms with Crippen molar-refractivity contribution in [2.45, 2.75) is 26.2 Å². The van der Waals surface area contributed by atoms with Gasteiger partial charge in [-0.05, 0) is 27.4 Å². The van der Waals surface area contributed by atoms with Gasteiger partial charge in [-0.1, -0.05) is 32.1 Å². The van der Waals surface area contributed by atoms with Crippen molar-refractivity contribution in [1.29, 1.82) is 0 Å². The summed E-state index contributed by atoms with van der Waals surface area (Å²) in [5.41, 5.74) is -0.0263. The molecule has 0 fully saturated rings. The molecular formula is C8H10BrNO2S. The molecule has 5 heteroatoms. The Hall–Kier alpha value is -0.420. The van der Waals surface area contributed by atoms with Crippen LogP contribution < -0.4 is 0 Å². The van der Waals surface area contributed by atoms with Gasteiger partial charge in [0.15, 0.2) is 0 Å². The van der Waals surface area contributed by atoms with E-state index >= 15 is 0 Å². The number of thiophene rings is 1. The highest BCUT2D eigenvalue weighted by Crippen LogP contribution is 2.39. The zero-order chi connectivity index (χ0) is 10.2. The van der Waals surface area contributed by atoms with Crippen molar-refractivity contribution >= 4 is 32.3 Å². The Kier molecular flexibility index (Phi) is 2.77. The molecule has 0 bridgehead atoms. The van der Waals surface area contributed by atoms with Gasteiger partial charge in [0.25, 0.3) is 0 Å². The fraction of sp³-hybridized carbons (Fsp3) is 0.500. The zero-order valence-corrected chi connectivity index (χ0v) is 10.0. The van der Waals surface area contributed by atoms with Crippen LogP contribution in [0, 0.1) is 10.1 Å². The lowest BCUT2D eigenvalue weighted by atomic mass is 9.95. The number of hydrogen-bond donors (Lipinski definition) is 0. The highest BCUT2D eigenvalue weighted by atomic mass is 79.9. The minimum Gasteiger partial charge on any atom is -0.258 e. The van der Waals surface area contributed by atoms with Crippen LogP contribution in [0.25, 0.3) is 0 Å². The molecule has 0 aliphatic heterocycles. The molecular weight excluding hydrogens is 254 g/mol. The maximum absolute atomic E-state index is 10.5. The van der Waals surface area contributed by atoms with Crippen LogP contribution in [0.15, 0.2) is 10.5 Å². The summed E-state index contributed by atoms with van der Waals surface area (Å²) >= 11 is 4.41. The first kappa shape index (κ1) is 10.7. The molecule has 0 N–H and O–H groups in total. The standard InChI is InChI=1S/C8H10BrNO2S/c1-8(2,3)6-4-5(9)7(13-6)10(11)12/h4H,1-3H3. The third kappa shape index (κ3) is 2.28. The second kappa shape index (κ2) is 3.38. The molecule has 3 nitrogen and oxygen atoms in total. The molecule has 1 aromatic rings. The summed E-state index contributed by atoms with van der Waals surface area (Å²) in [6.45, 7) is 6.11. The van der Waals surface area contributed by atoms with Crippen LogP contribution in [0.2, 0.25) is 0 Å². The molecule has 1 heterocycles. The molecule has 13 heavy (non-hydrogen) atoms. The van der Waals surface area contributed by atoms with Crippen LogP contribution >= 0.6 is 27.3 Å². The lowest BCUT2D eigenvalue weighted by Gasteiger charge is -2.14. The Morgan fingerprint density at radius 2 is 2.08 bits per heavy atom. The Morgan fingerprint density at radius 1 is 1.54 bits per heavy atom. The molecule has 0 atom stereocenters. The summed E-state index contributed by atoms with van der Waals surface area (Å²) in [7, 11) is 0. The number of hydrogen-bond acceptors (Lipinski definition) is 3. The summed E-state index contributed by atoms with van der Waals surface area (Å²) < 4.78 is 0.576.